The predicted octanol–water partition coefficient (Wildman–Crippen LogP) is -2.74. The second-order valence-electron chi connectivity index (χ2n) is 3.74. The Morgan fingerprint density at radius 1 is 0.714 bits per heavy atom. The summed E-state index contributed by atoms with van der Waals surface area (Å²) in [6.45, 7) is -0.151. The van der Waals surface area contributed by atoms with Crippen molar-refractivity contribution in [2.45, 2.75) is 12.1 Å². The van der Waals surface area contributed by atoms with Crippen molar-refractivity contribution in [1.29, 1.82) is 0 Å². The molecule has 11 heteroatoms. The molecule has 120 valence electrons. The quantitative estimate of drug-likeness (QED) is 0.162. The lowest BCUT2D eigenvalue weighted by Gasteiger charge is -2.11. The fourth-order valence-electron chi connectivity index (χ4n) is 1.21. The van der Waals surface area contributed by atoms with Crippen LogP contribution in [-0.4, -0.2) is 82.7 Å². The number of carboxylic acid groups (broad SMARTS) is 4. The van der Waals surface area contributed by atoms with Gasteiger partial charge in [-0.1, -0.05) is 0 Å². The maximum absolute atomic E-state index is 10.5. The number of aliphatic carboxylic acids is 4. The molecular weight excluding hydrogens is 292 g/mol. The van der Waals surface area contributed by atoms with Gasteiger partial charge in [0, 0.05) is 13.1 Å². The van der Waals surface area contributed by atoms with Crippen molar-refractivity contribution in [3.8, 4) is 0 Å². The Kier molecular flexibility index (Phi) is 8.60. The maximum atomic E-state index is 10.5. The minimum absolute atomic E-state index is 0.0243. The molecule has 0 rings (SSSR count). The molecule has 21 heavy (non-hydrogen) atoms. The van der Waals surface area contributed by atoms with Gasteiger partial charge in [0.05, 0.1) is 13.2 Å². The first-order valence-corrected chi connectivity index (χ1v) is 5.73. The summed E-state index contributed by atoms with van der Waals surface area (Å²) in [7, 11) is 0. The van der Waals surface area contributed by atoms with Crippen molar-refractivity contribution in [1.82, 2.24) is 10.6 Å². The van der Waals surface area contributed by atoms with E-state index in [1.165, 1.54) is 0 Å². The summed E-state index contributed by atoms with van der Waals surface area (Å²) < 4.78 is 4.96. The fraction of sp³-hybridized carbons (Fsp3) is 0.600. The summed E-state index contributed by atoms with van der Waals surface area (Å²) in [5.41, 5.74) is 0. The Bertz CT molecular complexity index is 334. The number of carboxylic acids is 4. The molecule has 0 heterocycles. The van der Waals surface area contributed by atoms with Crippen molar-refractivity contribution in [2.75, 3.05) is 26.3 Å². The van der Waals surface area contributed by atoms with Gasteiger partial charge in [-0.05, 0) is 0 Å². The number of hydrogen-bond donors (Lipinski definition) is 6. The monoisotopic (exact) mass is 308 g/mol. The number of nitrogens with one attached hydrogen (secondary N) is 2. The molecule has 0 spiro atoms. The highest BCUT2D eigenvalue weighted by molar-refractivity contribution is 5.97. The predicted molar refractivity (Wildman–Crippen MR) is 64.9 cm³/mol. The summed E-state index contributed by atoms with van der Waals surface area (Å²) in [5.74, 6) is -6.13. The molecule has 0 aliphatic carbocycles. The standard InChI is InChI=1S/C10H16N2O9/c13-7(14)5(8(15)16)11-1-3-21-4-2-12-6(9(17)18)10(19)20/h5-6,11-12H,1-4H2,(H,13,14)(H,15,16)(H,17,18)(H,19,20). The van der Waals surface area contributed by atoms with Crippen molar-refractivity contribution in [3.63, 3.8) is 0 Å². The highest BCUT2D eigenvalue weighted by Crippen LogP contribution is 1.86. The van der Waals surface area contributed by atoms with E-state index >= 15 is 0 Å². The number of carbonyl (C=O) groups is 4. The van der Waals surface area contributed by atoms with Gasteiger partial charge in [0.2, 0.25) is 12.1 Å². The third kappa shape index (κ3) is 7.81. The Labute approximate surface area is 118 Å². The summed E-state index contributed by atoms with van der Waals surface area (Å²) in [5, 5.41) is 38.6. The minimum Gasteiger partial charge on any atom is -0.480 e. The first-order valence-electron chi connectivity index (χ1n) is 5.73. The third-order valence-electron chi connectivity index (χ3n) is 2.18. The van der Waals surface area contributed by atoms with Gasteiger partial charge < -0.3 is 25.2 Å². The molecule has 0 aliphatic heterocycles. The smallest absolute Gasteiger partial charge is 0.332 e. The zero-order valence-corrected chi connectivity index (χ0v) is 10.8. The van der Waals surface area contributed by atoms with Crippen molar-refractivity contribution in [3.05, 3.63) is 0 Å². The second kappa shape index (κ2) is 9.63. The van der Waals surface area contributed by atoms with Crippen LogP contribution in [0.25, 0.3) is 0 Å². The molecule has 11 nitrogen and oxygen atoms in total. The normalized spacial score (nSPS) is 10.8. The van der Waals surface area contributed by atoms with Gasteiger partial charge in [-0.25, -0.2) is 19.2 Å². The van der Waals surface area contributed by atoms with Crippen LogP contribution >= 0.6 is 0 Å². The molecule has 0 aromatic rings. The highest BCUT2D eigenvalue weighted by atomic mass is 16.5. The minimum atomic E-state index is -1.74. The summed E-state index contributed by atoms with van der Waals surface area (Å²) in [6, 6.07) is -3.48. The Morgan fingerprint density at radius 3 is 1.24 bits per heavy atom. The van der Waals surface area contributed by atoms with Crippen LogP contribution in [0, 0.1) is 0 Å². The zero-order valence-electron chi connectivity index (χ0n) is 10.8. The molecule has 6 N–H and O–H groups in total. The van der Waals surface area contributed by atoms with Gasteiger partial charge in [0.15, 0.2) is 0 Å². The molecule has 0 aromatic heterocycles. The van der Waals surface area contributed by atoms with Crippen LogP contribution in [-0.2, 0) is 23.9 Å². The van der Waals surface area contributed by atoms with Crippen LogP contribution < -0.4 is 10.6 Å². The molecule has 0 fully saturated rings. The van der Waals surface area contributed by atoms with Gasteiger partial charge >= 0.3 is 23.9 Å². The fourth-order valence-corrected chi connectivity index (χ4v) is 1.21. The van der Waals surface area contributed by atoms with E-state index in [-0.39, 0.29) is 26.3 Å². The van der Waals surface area contributed by atoms with Gasteiger partial charge in [-0.3, -0.25) is 10.6 Å². The van der Waals surface area contributed by atoms with Crippen LogP contribution in [0.15, 0.2) is 0 Å². The Balaban J connectivity index is 3.78. The first kappa shape index (κ1) is 18.8. The molecule has 0 saturated carbocycles. The molecule has 0 radical (unpaired) electrons. The van der Waals surface area contributed by atoms with E-state index in [9.17, 15) is 19.2 Å². The lowest BCUT2D eigenvalue weighted by molar-refractivity contribution is -0.152. The summed E-state index contributed by atoms with van der Waals surface area (Å²) >= 11 is 0. The van der Waals surface area contributed by atoms with E-state index in [1.54, 1.807) is 0 Å². The molecule has 0 atom stereocenters. The van der Waals surface area contributed by atoms with Gasteiger partial charge in [-0.2, -0.15) is 0 Å². The Morgan fingerprint density at radius 2 is 1.00 bits per heavy atom. The number of rotatable bonds is 12. The van der Waals surface area contributed by atoms with Crippen molar-refractivity contribution < 1.29 is 44.3 Å². The average molecular weight is 308 g/mol. The molecule has 0 saturated heterocycles. The molecule has 0 bridgehead atoms. The zero-order chi connectivity index (χ0) is 16.4. The van der Waals surface area contributed by atoms with E-state index in [0.717, 1.165) is 0 Å². The van der Waals surface area contributed by atoms with E-state index in [0.29, 0.717) is 0 Å². The van der Waals surface area contributed by atoms with Gasteiger partial charge in [0.25, 0.3) is 0 Å². The first-order chi connectivity index (χ1) is 9.77. The van der Waals surface area contributed by atoms with Crippen LogP contribution in [0.2, 0.25) is 0 Å². The summed E-state index contributed by atoms with van der Waals surface area (Å²) in [6.07, 6.45) is 0. The topological polar surface area (TPSA) is 182 Å². The van der Waals surface area contributed by atoms with E-state index in [4.69, 9.17) is 25.2 Å². The Hall–Kier alpha value is -2.24. The number of ether oxygens (including phenoxy) is 1. The molecule has 0 unspecified atom stereocenters. The van der Waals surface area contributed by atoms with Crippen molar-refractivity contribution in [2.24, 2.45) is 0 Å². The molecular formula is C10H16N2O9. The van der Waals surface area contributed by atoms with E-state index < -0.39 is 36.0 Å². The van der Waals surface area contributed by atoms with E-state index in [2.05, 4.69) is 10.6 Å². The highest BCUT2D eigenvalue weighted by Gasteiger charge is 2.25. The van der Waals surface area contributed by atoms with Crippen LogP contribution in [0.4, 0.5) is 0 Å². The average Bonchev–Trinajstić information content (AvgIpc) is 2.34. The summed E-state index contributed by atoms with van der Waals surface area (Å²) in [4.78, 5) is 42.0. The van der Waals surface area contributed by atoms with Crippen LogP contribution in [0.1, 0.15) is 0 Å². The SMILES string of the molecule is O=C(O)C(NCCOCCNC(C(=O)O)C(=O)O)C(=O)O. The molecule has 0 aliphatic rings. The lowest BCUT2D eigenvalue weighted by Crippen LogP contribution is -2.45. The van der Waals surface area contributed by atoms with Gasteiger partial charge in [0.1, 0.15) is 0 Å². The third-order valence-corrected chi connectivity index (χ3v) is 2.18. The largest absolute Gasteiger partial charge is 0.480 e. The molecule has 0 aromatic carbocycles. The van der Waals surface area contributed by atoms with Gasteiger partial charge in [-0.15, -0.1) is 0 Å². The number of hydrogen-bond acceptors (Lipinski definition) is 7. The van der Waals surface area contributed by atoms with Crippen LogP contribution in [0.3, 0.4) is 0 Å². The van der Waals surface area contributed by atoms with Crippen molar-refractivity contribution >= 4 is 23.9 Å². The molecule has 0 amide bonds. The van der Waals surface area contributed by atoms with Crippen LogP contribution in [0.5, 0.6) is 0 Å². The lowest BCUT2D eigenvalue weighted by atomic mass is 10.3. The maximum Gasteiger partial charge on any atom is 0.332 e. The second-order valence-corrected chi connectivity index (χ2v) is 3.74. The van der Waals surface area contributed by atoms with E-state index in [1.807, 2.05) is 0 Å².